The number of aryl methyl sites for hydroxylation is 3. The van der Waals surface area contributed by atoms with Crippen LogP contribution in [0, 0.1) is 18.6 Å². The molecule has 0 fully saturated rings. The third kappa shape index (κ3) is 5.71. The molecule has 0 radical (unpaired) electrons. The number of rotatable bonds is 8. The molecular weight excluding hydrogens is 463 g/mol. The number of carboxylic acids is 1. The number of halogens is 5. The van der Waals surface area contributed by atoms with Gasteiger partial charge in [-0.1, -0.05) is 31.2 Å². The number of benzene rings is 2. The van der Waals surface area contributed by atoms with Crippen molar-refractivity contribution in [1.82, 2.24) is 0 Å². The molecule has 0 saturated heterocycles. The molecule has 1 aromatic heterocycles. The van der Waals surface area contributed by atoms with Crippen molar-refractivity contribution in [3.8, 4) is 16.2 Å². The van der Waals surface area contributed by atoms with Crippen LogP contribution >= 0.6 is 11.3 Å². The Balaban J connectivity index is 1.96. The predicted octanol–water partition coefficient (Wildman–Crippen LogP) is 7.18. The number of thiophene rings is 1. The maximum Gasteiger partial charge on any atom is 0.417 e. The first-order valence-electron chi connectivity index (χ1n) is 10.1. The van der Waals surface area contributed by atoms with E-state index < -0.39 is 41.7 Å². The fourth-order valence-electron chi connectivity index (χ4n) is 3.52. The highest BCUT2D eigenvalue weighted by Crippen LogP contribution is 2.45. The van der Waals surface area contributed by atoms with Crippen molar-refractivity contribution < 1.29 is 36.6 Å². The number of hydrogen-bond donors (Lipinski definition) is 1. The Hall–Kier alpha value is -2.94. The van der Waals surface area contributed by atoms with Gasteiger partial charge in [-0.2, -0.15) is 13.2 Å². The second kappa shape index (κ2) is 9.91. The first-order valence-corrected chi connectivity index (χ1v) is 10.9. The molecule has 0 saturated carbocycles. The number of alkyl halides is 3. The molecule has 0 spiro atoms. The quantitative estimate of drug-likeness (QED) is 0.345. The summed E-state index contributed by atoms with van der Waals surface area (Å²) in [7, 11) is 0. The van der Waals surface area contributed by atoms with Crippen molar-refractivity contribution in [3.63, 3.8) is 0 Å². The number of carbonyl (C=O) groups is 1. The second-order valence-corrected chi connectivity index (χ2v) is 8.68. The lowest BCUT2D eigenvalue weighted by Crippen LogP contribution is -2.11. The lowest BCUT2D eigenvalue weighted by molar-refractivity contribution is -0.139. The van der Waals surface area contributed by atoms with E-state index in [1.807, 2.05) is 19.1 Å². The van der Waals surface area contributed by atoms with Gasteiger partial charge in [0.1, 0.15) is 6.61 Å². The SMILES string of the molecule is CCc1ccc(-c2sc(C)c(C(F)(F)F)c2COc2c(F)cc(CCC(=O)O)cc2F)cc1. The summed E-state index contributed by atoms with van der Waals surface area (Å²) < 4.78 is 75.5. The van der Waals surface area contributed by atoms with Crippen LogP contribution in [0.25, 0.3) is 10.4 Å². The Labute approximate surface area is 191 Å². The Morgan fingerprint density at radius 3 is 2.18 bits per heavy atom. The standard InChI is InChI=1S/C24H21F5O3S/c1-3-14-4-7-16(8-5-14)23-17(21(13(2)33-23)24(27,28)29)12-32-22-18(25)10-15(11-19(22)26)6-9-20(30)31/h4-5,7-8,10-11H,3,6,9,12H2,1-2H3,(H,30,31). The predicted molar refractivity (Wildman–Crippen MR) is 116 cm³/mol. The van der Waals surface area contributed by atoms with E-state index in [9.17, 15) is 26.7 Å². The molecule has 0 atom stereocenters. The van der Waals surface area contributed by atoms with Crippen LogP contribution in [-0.4, -0.2) is 11.1 Å². The molecule has 0 aliphatic heterocycles. The van der Waals surface area contributed by atoms with Crippen molar-refractivity contribution >= 4 is 17.3 Å². The summed E-state index contributed by atoms with van der Waals surface area (Å²) in [5.41, 5.74) is 0.621. The lowest BCUT2D eigenvalue weighted by atomic mass is 10.0. The van der Waals surface area contributed by atoms with E-state index in [4.69, 9.17) is 9.84 Å². The molecule has 3 rings (SSSR count). The van der Waals surface area contributed by atoms with Crippen LogP contribution in [0.1, 0.15) is 40.5 Å². The zero-order valence-electron chi connectivity index (χ0n) is 17.9. The molecular formula is C24H21F5O3S. The second-order valence-electron chi connectivity index (χ2n) is 7.46. The summed E-state index contributed by atoms with van der Waals surface area (Å²) in [6.07, 6.45) is -4.31. The monoisotopic (exact) mass is 484 g/mol. The lowest BCUT2D eigenvalue weighted by Gasteiger charge is -2.14. The molecule has 0 aliphatic rings. The molecule has 3 nitrogen and oxygen atoms in total. The van der Waals surface area contributed by atoms with E-state index in [1.165, 1.54) is 6.92 Å². The Morgan fingerprint density at radius 1 is 1.06 bits per heavy atom. The van der Waals surface area contributed by atoms with E-state index in [1.54, 1.807) is 12.1 Å². The first kappa shape index (κ1) is 24.7. The molecule has 9 heteroatoms. The molecule has 2 aromatic carbocycles. The van der Waals surface area contributed by atoms with E-state index in [0.717, 1.165) is 35.5 Å². The van der Waals surface area contributed by atoms with Crippen molar-refractivity contribution in [2.45, 2.75) is 45.9 Å². The van der Waals surface area contributed by atoms with Gasteiger partial charge < -0.3 is 9.84 Å². The van der Waals surface area contributed by atoms with Crippen LogP contribution in [0.2, 0.25) is 0 Å². The highest BCUT2D eigenvalue weighted by atomic mass is 32.1. The molecule has 33 heavy (non-hydrogen) atoms. The topological polar surface area (TPSA) is 46.5 Å². The van der Waals surface area contributed by atoms with Crippen molar-refractivity contribution in [3.05, 3.63) is 75.2 Å². The summed E-state index contributed by atoms with van der Waals surface area (Å²) in [5, 5.41) is 8.72. The van der Waals surface area contributed by atoms with Gasteiger partial charge in [-0.05, 0) is 48.6 Å². The van der Waals surface area contributed by atoms with Gasteiger partial charge in [-0.15, -0.1) is 11.3 Å². The molecule has 3 aromatic rings. The number of hydrogen-bond acceptors (Lipinski definition) is 3. The van der Waals surface area contributed by atoms with E-state index in [2.05, 4.69) is 0 Å². The summed E-state index contributed by atoms with van der Waals surface area (Å²) in [6.45, 7) is 2.62. The van der Waals surface area contributed by atoms with Gasteiger partial charge in [-0.25, -0.2) is 8.78 Å². The maximum atomic E-state index is 14.5. The minimum atomic E-state index is -4.67. The van der Waals surface area contributed by atoms with Crippen LogP contribution in [-0.2, 0) is 30.4 Å². The maximum absolute atomic E-state index is 14.5. The highest BCUT2D eigenvalue weighted by Gasteiger charge is 2.38. The summed E-state index contributed by atoms with van der Waals surface area (Å²) in [5.74, 6) is -4.14. The van der Waals surface area contributed by atoms with Crippen molar-refractivity contribution in [1.29, 1.82) is 0 Å². The fraction of sp³-hybridized carbons (Fsp3) is 0.292. The molecule has 0 bridgehead atoms. The number of ether oxygens (including phenoxy) is 1. The summed E-state index contributed by atoms with van der Waals surface area (Å²) in [4.78, 5) is 11.0. The van der Waals surface area contributed by atoms with Crippen LogP contribution in [0.5, 0.6) is 5.75 Å². The first-order chi connectivity index (χ1) is 15.5. The third-order valence-corrected chi connectivity index (χ3v) is 6.33. The smallest absolute Gasteiger partial charge is 0.417 e. The summed E-state index contributed by atoms with van der Waals surface area (Å²) in [6, 6.07) is 8.91. The average molecular weight is 484 g/mol. The Kier molecular flexibility index (Phi) is 7.41. The molecule has 176 valence electrons. The molecule has 1 N–H and O–H groups in total. The average Bonchev–Trinajstić information content (AvgIpc) is 3.08. The molecule has 0 unspecified atom stereocenters. The minimum absolute atomic E-state index is 0.0284. The van der Waals surface area contributed by atoms with Gasteiger partial charge in [0.15, 0.2) is 17.4 Å². The van der Waals surface area contributed by atoms with Crippen molar-refractivity contribution in [2.75, 3.05) is 0 Å². The fourth-order valence-corrected chi connectivity index (χ4v) is 4.70. The van der Waals surface area contributed by atoms with Gasteiger partial charge in [0.25, 0.3) is 0 Å². The van der Waals surface area contributed by atoms with Gasteiger partial charge in [0, 0.05) is 21.7 Å². The molecule has 1 heterocycles. The van der Waals surface area contributed by atoms with E-state index >= 15 is 0 Å². The van der Waals surface area contributed by atoms with Gasteiger partial charge in [-0.3, -0.25) is 4.79 Å². The van der Waals surface area contributed by atoms with Crippen LogP contribution in [0.15, 0.2) is 36.4 Å². The van der Waals surface area contributed by atoms with Gasteiger partial charge >= 0.3 is 12.1 Å². The number of carboxylic acid groups (broad SMARTS) is 1. The van der Waals surface area contributed by atoms with E-state index in [0.29, 0.717) is 10.4 Å². The molecule has 0 aliphatic carbocycles. The largest absolute Gasteiger partial charge is 0.483 e. The van der Waals surface area contributed by atoms with Crippen molar-refractivity contribution in [2.24, 2.45) is 0 Å². The number of aliphatic carboxylic acids is 1. The minimum Gasteiger partial charge on any atom is -0.483 e. The van der Waals surface area contributed by atoms with Crippen LogP contribution in [0.4, 0.5) is 22.0 Å². The van der Waals surface area contributed by atoms with Gasteiger partial charge in [0.2, 0.25) is 0 Å². The van der Waals surface area contributed by atoms with Gasteiger partial charge in [0.05, 0.1) is 5.56 Å². The summed E-state index contributed by atoms with van der Waals surface area (Å²) >= 11 is 0.947. The normalized spacial score (nSPS) is 11.6. The Morgan fingerprint density at radius 2 is 1.67 bits per heavy atom. The Bertz CT molecular complexity index is 1130. The van der Waals surface area contributed by atoms with Crippen LogP contribution < -0.4 is 4.74 Å². The zero-order chi connectivity index (χ0) is 24.3. The zero-order valence-corrected chi connectivity index (χ0v) is 18.7. The third-order valence-electron chi connectivity index (χ3n) is 5.14. The highest BCUT2D eigenvalue weighted by molar-refractivity contribution is 7.15. The van der Waals surface area contributed by atoms with E-state index in [-0.39, 0.29) is 28.8 Å². The van der Waals surface area contributed by atoms with Crippen LogP contribution in [0.3, 0.4) is 0 Å². The molecule has 0 amide bonds.